The van der Waals surface area contributed by atoms with Gasteiger partial charge in [0.25, 0.3) is 5.91 Å². The molecule has 1 aliphatic rings. The first-order valence-electron chi connectivity index (χ1n) is 11.1. The summed E-state index contributed by atoms with van der Waals surface area (Å²) in [7, 11) is 0. The lowest BCUT2D eigenvalue weighted by Crippen LogP contribution is -2.42. The first kappa shape index (κ1) is 23.4. The zero-order chi connectivity index (χ0) is 24.5. The van der Waals surface area contributed by atoms with Gasteiger partial charge in [0.1, 0.15) is 17.2 Å². The molecule has 3 aromatic heterocycles. The Morgan fingerprint density at radius 3 is 2.76 bits per heavy atom. The molecule has 0 spiro atoms. The molecule has 2 amide bonds. The summed E-state index contributed by atoms with van der Waals surface area (Å²) in [6.45, 7) is 8.46. The molecule has 0 aliphatic carbocycles. The van der Waals surface area contributed by atoms with E-state index in [9.17, 15) is 14.7 Å². The normalized spacial score (nSPS) is 14.4. The number of rotatable bonds is 5. The van der Waals surface area contributed by atoms with Crippen LogP contribution in [-0.4, -0.2) is 65.1 Å². The maximum atomic E-state index is 12.9. The van der Waals surface area contributed by atoms with Gasteiger partial charge in [-0.3, -0.25) is 14.6 Å². The van der Waals surface area contributed by atoms with E-state index in [1.54, 1.807) is 37.4 Å². The SMILES string of the molecule is C[C@H](CO)n1nnnc1-c1cccc(NC(=O)c2cc3c(cn2)CCN(C(=O)C(C)(C)C)C3)n1. The minimum atomic E-state index is -0.462. The van der Waals surface area contributed by atoms with Crippen molar-refractivity contribution in [1.82, 2.24) is 35.1 Å². The second-order valence-electron chi connectivity index (χ2n) is 9.41. The molecule has 0 fully saturated rings. The third-order valence-corrected chi connectivity index (χ3v) is 5.65. The van der Waals surface area contributed by atoms with E-state index in [0.29, 0.717) is 36.8 Å². The number of tetrazole rings is 1. The number of aromatic nitrogens is 6. The quantitative estimate of drug-likeness (QED) is 0.583. The summed E-state index contributed by atoms with van der Waals surface area (Å²) in [5, 5.41) is 23.8. The van der Waals surface area contributed by atoms with Crippen LogP contribution in [0.5, 0.6) is 0 Å². The number of anilines is 1. The van der Waals surface area contributed by atoms with E-state index < -0.39 is 11.3 Å². The molecule has 11 heteroatoms. The highest BCUT2D eigenvalue weighted by Gasteiger charge is 2.30. The average molecular weight is 465 g/mol. The predicted octanol–water partition coefficient (Wildman–Crippen LogP) is 1.87. The Labute approximate surface area is 197 Å². The number of aliphatic hydroxyl groups is 1. The van der Waals surface area contributed by atoms with Gasteiger partial charge in [0, 0.05) is 24.7 Å². The van der Waals surface area contributed by atoms with Crippen LogP contribution in [0.15, 0.2) is 30.5 Å². The van der Waals surface area contributed by atoms with Crippen molar-refractivity contribution in [2.75, 3.05) is 18.5 Å². The van der Waals surface area contributed by atoms with Crippen LogP contribution < -0.4 is 5.32 Å². The molecule has 11 nitrogen and oxygen atoms in total. The van der Waals surface area contributed by atoms with Gasteiger partial charge in [-0.15, -0.1) is 5.10 Å². The molecule has 1 aliphatic heterocycles. The lowest BCUT2D eigenvalue weighted by Gasteiger charge is -2.33. The lowest BCUT2D eigenvalue weighted by atomic mass is 9.92. The minimum Gasteiger partial charge on any atom is -0.394 e. The average Bonchev–Trinajstić information content (AvgIpc) is 3.32. The Balaban J connectivity index is 1.52. The van der Waals surface area contributed by atoms with Crippen LogP contribution in [0, 0.1) is 5.41 Å². The zero-order valence-electron chi connectivity index (χ0n) is 19.7. The molecule has 0 unspecified atom stereocenters. The van der Waals surface area contributed by atoms with Gasteiger partial charge in [0.15, 0.2) is 0 Å². The van der Waals surface area contributed by atoms with Crippen molar-refractivity contribution in [1.29, 1.82) is 0 Å². The third kappa shape index (κ3) is 4.79. The number of carbonyl (C=O) groups is 2. The van der Waals surface area contributed by atoms with Gasteiger partial charge >= 0.3 is 0 Å². The Morgan fingerprint density at radius 1 is 1.24 bits per heavy atom. The van der Waals surface area contributed by atoms with Crippen molar-refractivity contribution < 1.29 is 14.7 Å². The Hall–Kier alpha value is -3.73. The standard InChI is InChI=1S/C23H28N8O3/c1-14(13-32)31-20(27-28-29-31)17-6-5-7-19(25-17)26-21(33)18-10-16-12-30(22(34)23(2,3)4)9-8-15(16)11-24-18/h5-7,10-11,14,32H,8-9,12-13H2,1-4H3,(H,25,26,33)/t14-/m1/s1. The summed E-state index contributed by atoms with van der Waals surface area (Å²) in [5.41, 5.74) is 2.20. The largest absolute Gasteiger partial charge is 0.394 e. The van der Waals surface area contributed by atoms with E-state index in [1.165, 1.54) is 4.68 Å². The Morgan fingerprint density at radius 2 is 2.03 bits per heavy atom. The molecule has 178 valence electrons. The molecule has 0 bridgehead atoms. The first-order chi connectivity index (χ1) is 16.2. The Bertz CT molecular complexity index is 1220. The fraction of sp³-hybridized carbons (Fsp3) is 0.435. The number of amides is 2. The number of fused-ring (bicyclic) bond motifs is 1. The van der Waals surface area contributed by atoms with E-state index in [-0.39, 0.29) is 24.2 Å². The molecule has 1 atom stereocenters. The third-order valence-electron chi connectivity index (χ3n) is 5.65. The summed E-state index contributed by atoms with van der Waals surface area (Å²) in [5.74, 6) is 0.376. The van der Waals surface area contributed by atoms with Crippen molar-refractivity contribution in [2.24, 2.45) is 5.41 Å². The Kier molecular flexibility index (Phi) is 6.38. The summed E-state index contributed by atoms with van der Waals surface area (Å²) in [6, 6.07) is 6.53. The van der Waals surface area contributed by atoms with Crippen molar-refractivity contribution >= 4 is 17.6 Å². The minimum absolute atomic E-state index is 0.0832. The second kappa shape index (κ2) is 9.26. The highest BCUT2D eigenvalue weighted by molar-refractivity contribution is 6.02. The molecule has 0 radical (unpaired) electrons. The van der Waals surface area contributed by atoms with E-state index >= 15 is 0 Å². The van der Waals surface area contributed by atoms with Crippen molar-refractivity contribution in [3.05, 3.63) is 47.3 Å². The summed E-state index contributed by atoms with van der Waals surface area (Å²) in [4.78, 5) is 36.2. The smallest absolute Gasteiger partial charge is 0.275 e. The summed E-state index contributed by atoms with van der Waals surface area (Å²) < 4.78 is 1.48. The molecule has 4 heterocycles. The molecule has 3 aromatic rings. The van der Waals surface area contributed by atoms with E-state index in [2.05, 4.69) is 30.8 Å². The summed E-state index contributed by atoms with van der Waals surface area (Å²) >= 11 is 0. The number of hydrogen-bond donors (Lipinski definition) is 2. The van der Waals surface area contributed by atoms with Crippen LogP contribution in [-0.2, 0) is 17.8 Å². The predicted molar refractivity (Wildman–Crippen MR) is 124 cm³/mol. The monoisotopic (exact) mass is 464 g/mol. The van der Waals surface area contributed by atoms with Crippen LogP contribution >= 0.6 is 0 Å². The topological polar surface area (TPSA) is 139 Å². The molecule has 0 aromatic carbocycles. The molecule has 0 saturated heterocycles. The second-order valence-corrected chi connectivity index (χ2v) is 9.41. The van der Waals surface area contributed by atoms with Crippen molar-refractivity contribution in [3.63, 3.8) is 0 Å². The van der Waals surface area contributed by atoms with Gasteiger partial charge in [-0.1, -0.05) is 26.8 Å². The van der Waals surface area contributed by atoms with Gasteiger partial charge in [0.2, 0.25) is 11.7 Å². The fourth-order valence-corrected chi connectivity index (χ4v) is 3.76. The molecule has 2 N–H and O–H groups in total. The zero-order valence-corrected chi connectivity index (χ0v) is 19.7. The molecule has 4 rings (SSSR count). The van der Waals surface area contributed by atoms with Crippen LogP contribution in [0.3, 0.4) is 0 Å². The molecule has 0 saturated carbocycles. The number of pyridine rings is 2. The van der Waals surface area contributed by atoms with E-state index in [0.717, 1.165) is 11.1 Å². The first-order valence-corrected chi connectivity index (χ1v) is 11.1. The van der Waals surface area contributed by atoms with Crippen LogP contribution in [0.2, 0.25) is 0 Å². The maximum absolute atomic E-state index is 12.9. The number of hydrogen-bond acceptors (Lipinski definition) is 8. The number of nitrogens with zero attached hydrogens (tertiary/aromatic N) is 7. The number of nitrogens with one attached hydrogen (secondary N) is 1. The number of carbonyl (C=O) groups excluding carboxylic acids is 2. The molecular formula is C23H28N8O3. The van der Waals surface area contributed by atoms with E-state index in [4.69, 9.17) is 0 Å². The lowest BCUT2D eigenvalue weighted by molar-refractivity contribution is -0.140. The van der Waals surface area contributed by atoms with Gasteiger partial charge in [-0.2, -0.15) is 0 Å². The van der Waals surface area contributed by atoms with Gasteiger partial charge in [0.05, 0.1) is 12.6 Å². The van der Waals surface area contributed by atoms with Gasteiger partial charge in [-0.05, 0) is 53.1 Å². The van der Waals surface area contributed by atoms with Crippen LogP contribution in [0.1, 0.15) is 55.4 Å². The maximum Gasteiger partial charge on any atom is 0.275 e. The van der Waals surface area contributed by atoms with Crippen LogP contribution in [0.4, 0.5) is 5.82 Å². The highest BCUT2D eigenvalue weighted by Crippen LogP contribution is 2.25. The fourth-order valence-electron chi connectivity index (χ4n) is 3.76. The summed E-state index contributed by atoms with van der Waals surface area (Å²) in [6.07, 6.45) is 2.41. The van der Waals surface area contributed by atoms with Crippen molar-refractivity contribution in [2.45, 2.75) is 46.7 Å². The van der Waals surface area contributed by atoms with E-state index in [1.807, 2.05) is 25.7 Å². The molecule has 34 heavy (non-hydrogen) atoms. The van der Waals surface area contributed by atoms with Crippen molar-refractivity contribution in [3.8, 4) is 11.5 Å². The van der Waals surface area contributed by atoms with Gasteiger partial charge in [-0.25, -0.2) is 9.67 Å². The van der Waals surface area contributed by atoms with Crippen LogP contribution in [0.25, 0.3) is 11.5 Å². The number of aliphatic hydroxyl groups excluding tert-OH is 1. The molecular weight excluding hydrogens is 436 g/mol. The van der Waals surface area contributed by atoms with Gasteiger partial charge < -0.3 is 15.3 Å². The highest BCUT2D eigenvalue weighted by atomic mass is 16.3.